The van der Waals surface area contributed by atoms with Crippen molar-refractivity contribution < 1.29 is 18.0 Å². The van der Waals surface area contributed by atoms with E-state index < -0.39 is 10.0 Å². The molecule has 25 heavy (non-hydrogen) atoms. The first-order valence-electron chi connectivity index (χ1n) is 8.54. The summed E-state index contributed by atoms with van der Waals surface area (Å²) in [4.78, 5) is 29.0. The van der Waals surface area contributed by atoms with E-state index in [1.54, 1.807) is 4.90 Å². The summed E-state index contributed by atoms with van der Waals surface area (Å²) in [5.74, 6) is -0.167. The molecule has 136 valence electrons. The highest BCUT2D eigenvalue weighted by atomic mass is 32.2. The van der Waals surface area contributed by atoms with E-state index >= 15 is 0 Å². The molecule has 4 rings (SSSR count). The summed E-state index contributed by atoms with van der Waals surface area (Å²) < 4.78 is 22.7. The molecule has 0 aromatic heterocycles. The molecular formula is C17H23N3O4S. The maximum absolute atomic E-state index is 12.8. The van der Waals surface area contributed by atoms with Gasteiger partial charge in [-0.15, -0.1) is 0 Å². The Balaban J connectivity index is 1.80. The van der Waals surface area contributed by atoms with Gasteiger partial charge >= 0.3 is 0 Å². The van der Waals surface area contributed by atoms with Crippen LogP contribution in [0.15, 0.2) is 29.2 Å². The van der Waals surface area contributed by atoms with E-state index in [2.05, 4.69) is 0 Å². The molecule has 0 radical (unpaired) electrons. The maximum Gasteiger partial charge on any atom is 0.253 e. The lowest BCUT2D eigenvalue weighted by molar-refractivity contribution is -0.139. The number of benzene rings is 1. The Morgan fingerprint density at radius 1 is 1.20 bits per heavy atom. The zero-order chi connectivity index (χ0) is 18.2. The Hall–Kier alpha value is -1.93. The van der Waals surface area contributed by atoms with Gasteiger partial charge in [0.25, 0.3) is 5.91 Å². The predicted molar refractivity (Wildman–Crippen MR) is 92.2 cm³/mol. The number of piperidine rings is 1. The second kappa shape index (κ2) is 6.76. The van der Waals surface area contributed by atoms with Crippen molar-refractivity contribution in [3.8, 4) is 0 Å². The number of rotatable bonds is 4. The van der Waals surface area contributed by atoms with Gasteiger partial charge in [0, 0.05) is 31.2 Å². The van der Waals surface area contributed by atoms with Gasteiger partial charge in [0.1, 0.15) is 0 Å². The van der Waals surface area contributed by atoms with Gasteiger partial charge in [-0.25, -0.2) is 13.6 Å². The Kier molecular flexibility index (Phi) is 4.83. The Morgan fingerprint density at radius 3 is 2.48 bits per heavy atom. The third-order valence-electron chi connectivity index (χ3n) is 4.97. The number of nitrogens with two attached hydrogens (primary N) is 1. The molecule has 3 aliphatic heterocycles. The summed E-state index contributed by atoms with van der Waals surface area (Å²) in [5.41, 5.74) is 0.406. The number of primary sulfonamides is 1. The summed E-state index contributed by atoms with van der Waals surface area (Å²) in [6, 6.07) is 5.69. The van der Waals surface area contributed by atoms with Crippen LogP contribution in [0.5, 0.6) is 0 Å². The van der Waals surface area contributed by atoms with Crippen LogP contribution in [0.25, 0.3) is 0 Å². The number of nitrogens with zero attached hydrogens (tertiary/aromatic N) is 2. The molecular weight excluding hydrogens is 342 g/mol. The number of amides is 2. The largest absolute Gasteiger partial charge is 0.338 e. The highest BCUT2D eigenvalue weighted by Crippen LogP contribution is 2.30. The van der Waals surface area contributed by atoms with Gasteiger partial charge in [-0.1, -0.05) is 6.92 Å². The van der Waals surface area contributed by atoms with Crippen LogP contribution >= 0.6 is 0 Å². The van der Waals surface area contributed by atoms with E-state index in [1.165, 1.54) is 24.3 Å². The molecule has 1 aromatic carbocycles. The number of carbonyl (C=O) groups is 2. The highest BCUT2D eigenvalue weighted by Gasteiger charge is 2.41. The van der Waals surface area contributed by atoms with E-state index in [1.807, 2.05) is 11.8 Å². The highest BCUT2D eigenvalue weighted by molar-refractivity contribution is 7.89. The fraction of sp³-hybridized carbons (Fsp3) is 0.529. The van der Waals surface area contributed by atoms with Crippen LogP contribution in [0, 0.1) is 5.92 Å². The molecule has 3 aliphatic rings. The second-order valence-corrected chi connectivity index (χ2v) is 8.30. The molecule has 3 saturated heterocycles. The Bertz CT molecular complexity index is 776. The van der Waals surface area contributed by atoms with E-state index in [4.69, 9.17) is 5.14 Å². The Morgan fingerprint density at radius 2 is 1.88 bits per heavy atom. The van der Waals surface area contributed by atoms with E-state index in [-0.39, 0.29) is 28.7 Å². The van der Waals surface area contributed by atoms with Gasteiger partial charge in [-0.05, 0) is 43.5 Å². The van der Waals surface area contributed by atoms with Crippen molar-refractivity contribution in [2.24, 2.45) is 11.1 Å². The molecule has 0 aliphatic carbocycles. The van der Waals surface area contributed by atoms with Gasteiger partial charge < -0.3 is 9.80 Å². The summed E-state index contributed by atoms with van der Waals surface area (Å²) in [6.45, 7) is 3.72. The van der Waals surface area contributed by atoms with E-state index in [9.17, 15) is 18.0 Å². The zero-order valence-corrected chi connectivity index (χ0v) is 15.0. The SMILES string of the molecule is CCCN1C(=O)[C@@H]2CC[C@H]1CN(C(=O)c1ccc(S(N)(=O)=O)cc1)C2. The standard InChI is InChI=1S/C17H23N3O4S/c1-2-9-20-14-6-3-13(17(20)22)10-19(11-14)16(21)12-4-7-15(8-5-12)25(18,23)24/h4-5,7-8,13-14H,2-3,6,9-11H2,1H3,(H2,18,23,24)/t13-,14+/m1/s1. The molecule has 8 heteroatoms. The summed E-state index contributed by atoms with van der Waals surface area (Å²) in [6.07, 6.45) is 2.64. The fourth-order valence-corrected chi connectivity index (χ4v) is 4.23. The predicted octanol–water partition coefficient (Wildman–Crippen LogP) is 0.807. The number of sulfonamides is 1. The average Bonchev–Trinajstić information content (AvgIpc) is 2.86. The first-order chi connectivity index (χ1) is 11.8. The molecule has 0 saturated carbocycles. The van der Waals surface area contributed by atoms with Gasteiger partial charge in [0.2, 0.25) is 15.9 Å². The minimum absolute atomic E-state index is 0.0238. The third-order valence-corrected chi connectivity index (χ3v) is 5.90. The van der Waals surface area contributed by atoms with Crippen molar-refractivity contribution >= 4 is 21.8 Å². The van der Waals surface area contributed by atoms with Crippen molar-refractivity contribution in [1.29, 1.82) is 0 Å². The minimum Gasteiger partial charge on any atom is -0.338 e. The zero-order valence-electron chi connectivity index (χ0n) is 14.2. The monoisotopic (exact) mass is 365 g/mol. The van der Waals surface area contributed by atoms with Crippen molar-refractivity contribution in [3.63, 3.8) is 0 Å². The third kappa shape index (κ3) is 3.55. The van der Waals surface area contributed by atoms with Crippen LogP contribution < -0.4 is 5.14 Å². The van der Waals surface area contributed by atoms with E-state index in [0.717, 1.165) is 25.8 Å². The van der Waals surface area contributed by atoms with Gasteiger partial charge in [0.05, 0.1) is 10.8 Å². The van der Waals surface area contributed by atoms with Gasteiger partial charge in [0.15, 0.2) is 0 Å². The number of hydrogen-bond acceptors (Lipinski definition) is 4. The van der Waals surface area contributed by atoms with Gasteiger partial charge in [-0.2, -0.15) is 0 Å². The van der Waals surface area contributed by atoms with E-state index in [0.29, 0.717) is 18.7 Å². The minimum atomic E-state index is -3.78. The Labute approximate surface area is 147 Å². The molecule has 2 bridgehead atoms. The first kappa shape index (κ1) is 17.9. The number of fused-ring (bicyclic) bond motifs is 4. The maximum atomic E-state index is 12.8. The second-order valence-electron chi connectivity index (χ2n) is 6.74. The lowest BCUT2D eigenvalue weighted by Crippen LogP contribution is -2.48. The van der Waals surface area contributed by atoms with Crippen LogP contribution in [0.4, 0.5) is 0 Å². The van der Waals surface area contributed by atoms with Crippen LogP contribution in [-0.2, 0) is 14.8 Å². The van der Waals surface area contributed by atoms with Crippen LogP contribution in [0.3, 0.4) is 0 Å². The quantitative estimate of drug-likeness (QED) is 0.853. The lowest BCUT2D eigenvalue weighted by atomic mass is 9.94. The number of hydrogen-bond donors (Lipinski definition) is 1. The first-order valence-corrected chi connectivity index (χ1v) is 10.1. The fourth-order valence-electron chi connectivity index (χ4n) is 3.71. The molecule has 1 aromatic rings. The van der Waals surface area contributed by atoms with Crippen molar-refractivity contribution in [1.82, 2.24) is 9.80 Å². The van der Waals surface area contributed by atoms with Crippen molar-refractivity contribution in [2.75, 3.05) is 19.6 Å². The molecule has 3 fully saturated rings. The topological polar surface area (TPSA) is 101 Å². The van der Waals surface area contributed by atoms with Crippen molar-refractivity contribution in [2.45, 2.75) is 37.1 Å². The molecule has 2 amide bonds. The van der Waals surface area contributed by atoms with Crippen LogP contribution in [-0.4, -0.2) is 55.7 Å². The molecule has 3 heterocycles. The van der Waals surface area contributed by atoms with Gasteiger partial charge in [-0.3, -0.25) is 9.59 Å². The number of carbonyl (C=O) groups excluding carboxylic acids is 2. The van der Waals surface area contributed by atoms with Crippen LogP contribution in [0.2, 0.25) is 0 Å². The molecule has 2 N–H and O–H groups in total. The molecule has 0 unspecified atom stereocenters. The smallest absolute Gasteiger partial charge is 0.253 e. The summed E-state index contributed by atoms with van der Waals surface area (Å²) in [5, 5.41) is 5.08. The average molecular weight is 365 g/mol. The van der Waals surface area contributed by atoms with Crippen molar-refractivity contribution in [3.05, 3.63) is 29.8 Å². The molecule has 7 nitrogen and oxygen atoms in total. The summed E-state index contributed by atoms with van der Waals surface area (Å²) >= 11 is 0. The normalized spacial score (nSPS) is 23.7. The molecule has 0 spiro atoms. The molecule has 2 atom stereocenters. The summed E-state index contributed by atoms with van der Waals surface area (Å²) in [7, 11) is -3.78. The van der Waals surface area contributed by atoms with Crippen LogP contribution in [0.1, 0.15) is 36.5 Å². The lowest BCUT2D eigenvalue weighted by Gasteiger charge is -2.35.